The van der Waals surface area contributed by atoms with Gasteiger partial charge in [-0.2, -0.15) is 0 Å². The van der Waals surface area contributed by atoms with Crippen LogP contribution in [0.2, 0.25) is 0 Å². The maximum Gasteiger partial charge on any atom is 0.231 e. The maximum absolute atomic E-state index is 5.87. The number of fused-ring (bicyclic) bond motifs is 1. The second-order valence-electron chi connectivity index (χ2n) is 8.01. The van der Waals surface area contributed by atoms with Crippen LogP contribution in [0.4, 0.5) is 5.69 Å². The summed E-state index contributed by atoms with van der Waals surface area (Å²) in [5, 5.41) is 7.12. The van der Waals surface area contributed by atoms with Gasteiger partial charge in [0.15, 0.2) is 21.7 Å². The molecule has 2 aliphatic rings. The summed E-state index contributed by atoms with van der Waals surface area (Å²) in [4.78, 5) is 11.4. The second-order valence-corrected chi connectivity index (χ2v) is 9.27. The summed E-state index contributed by atoms with van der Waals surface area (Å²) in [6.45, 7) is 4.48. The van der Waals surface area contributed by atoms with Gasteiger partial charge in [0.05, 0.1) is 17.8 Å². The number of pyridine rings is 1. The molecule has 0 amide bonds. The van der Waals surface area contributed by atoms with Crippen LogP contribution in [-0.2, 0) is 0 Å². The van der Waals surface area contributed by atoms with Gasteiger partial charge in [0, 0.05) is 40.9 Å². The van der Waals surface area contributed by atoms with Gasteiger partial charge in [0.2, 0.25) is 6.79 Å². The second kappa shape index (κ2) is 7.86. The minimum atomic E-state index is -0.116. The summed E-state index contributed by atoms with van der Waals surface area (Å²) in [5.74, 6) is 1.47. The molecule has 1 fully saturated rings. The van der Waals surface area contributed by atoms with Gasteiger partial charge in [0.1, 0.15) is 0 Å². The highest BCUT2D eigenvalue weighted by Gasteiger charge is 2.42. The van der Waals surface area contributed by atoms with Crippen LogP contribution in [0, 0.1) is 13.8 Å². The van der Waals surface area contributed by atoms with Gasteiger partial charge in [-0.25, -0.2) is 4.98 Å². The topological polar surface area (TPSA) is 64.4 Å². The molecule has 0 unspecified atom stereocenters. The average Bonchev–Trinajstić information content (AvgIpc) is 3.60. The third-order valence-corrected chi connectivity index (χ3v) is 7.20. The Morgan fingerprint density at radius 2 is 1.94 bits per heavy atom. The van der Waals surface area contributed by atoms with E-state index in [0.29, 0.717) is 5.11 Å². The predicted octanol–water partition coefficient (Wildman–Crippen LogP) is 4.85. The van der Waals surface area contributed by atoms with Crippen molar-refractivity contribution in [3.05, 3.63) is 82.9 Å². The van der Waals surface area contributed by atoms with Crippen molar-refractivity contribution < 1.29 is 9.47 Å². The molecule has 4 aromatic rings. The van der Waals surface area contributed by atoms with Gasteiger partial charge in [-0.05, 0) is 62.0 Å². The van der Waals surface area contributed by atoms with Crippen molar-refractivity contribution >= 4 is 34.4 Å². The number of aromatic nitrogens is 3. The van der Waals surface area contributed by atoms with E-state index in [1.54, 1.807) is 11.3 Å². The molecule has 2 aliphatic heterocycles. The maximum atomic E-state index is 5.87. The molecule has 9 heteroatoms. The van der Waals surface area contributed by atoms with Crippen molar-refractivity contribution in [2.24, 2.45) is 0 Å². The Kier molecular flexibility index (Phi) is 4.81. The molecular weight excluding hydrogens is 454 g/mol. The summed E-state index contributed by atoms with van der Waals surface area (Å²) in [7, 11) is 0. The smallest absolute Gasteiger partial charge is 0.231 e. The number of hydrogen-bond donors (Lipinski definition) is 1. The van der Waals surface area contributed by atoms with Crippen molar-refractivity contribution in [2.45, 2.75) is 25.9 Å². The summed E-state index contributed by atoms with van der Waals surface area (Å²) in [6.07, 6.45) is 3.65. The molecule has 0 saturated carbocycles. The fraction of sp³-hybridized carbons (Fsp3) is 0.208. The summed E-state index contributed by atoms with van der Waals surface area (Å²) < 4.78 is 13.4. The number of benzene rings is 1. The quantitative estimate of drug-likeness (QED) is 0.423. The summed E-state index contributed by atoms with van der Waals surface area (Å²) >= 11 is 7.49. The van der Waals surface area contributed by atoms with Gasteiger partial charge >= 0.3 is 0 Å². The van der Waals surface area contributed by atoms with Crippen LogP contribution in [0.1, 0.15) is 34.7 Å². The zero-order chi connectivity index (χ0) is 22.5. The van der Waals surface area contributed by atoms with Crippen molar-refractivity contribution in [2.75, 3.05) is 11.7 Å². The number of thiocarbonyl (C=S) groups is 1. The highest BCUT2D eigenvalue weighted by atomic mass is 32.1. The first-order valence-electron chi connectivity index (χ1n) is 10.6. The van der Waals surface area contributed by atoms with Crippen molar-refractivity contribution in [1.29, 1.82) is 0 Å². The molecule has 7 nitrogen and oxygen atoms in total. The van der Waals surface area contributed by atoms with Gasteiger partial charge in [0.25, 0.3) is 0 Å². The normalized spacial score (nSPS) is 19.2. The Morgan fingerprint density at radius 3 is 2.73 bits per heavy atom. The van der Waals surface area contributed by atoms with Crippen LogP contribution in [0.3, 0.4) is 0 Å². The van der Waals surface area contributed by atoms with Gasteiger partial charge in [-0.1, -0.05) is 6.07 Å². The van der Waals surface area contributed by atoms with E-state index in [4.69, 9.17) is 21.7 Å². The third-order valence-electron chi connectivity index (χ3n) is 6.13. The molecule has 5 heterocycles. The van der Waals surface area contributed by atoms with E-state index in [2.05, 4.69) is 44.7 Å². The largest absolute Gasteiger partial charge is 0.454 e. The number of anilines is 1. The van der Waals surface area contributed by atoms with Crippen molar-refractivity contribution in [1.82, 2.24) is 19.9 Å². The van der Waals surface area contributed by atoms with E-state index in [-0.39, 0.29) is 18.9 Å². The molecular formula is C24H21N5O2S2. The first-order valence-corrected chi connectivity index (χ1v) is 11.9. The van der Waals surface area contributed by atoms with Crippen LogP contribution in [0.15, 0.2) is 60.2 Å². The Labute approximate surface area is 200 Å². The molecule has 2 atom stereocenters. The Morgan fingerprint density at radius 1 is 1.06 bits per heavy atom. The Hall–Kier alpha value is -3.43. The van der Waals surface area contributed by atoms with Gasteiger partial charge < -0.3 is 19.7 Å². The van der Waals surface area contributed by atoms with Crippen LogP contribution in [0.5, 0.6) is 11.5 Å². The first-order chi connectivity index (χ1) is 16.1. The lowest BCUT2D eigenvalue weighted by molar-refractivity contribution is 0.174. The van der Waals surface area contributed by atoms with Crippen LogP contribution >= 0.6 is 23.6 Å². The lowest BCUT2D eigenvalue weighted by Gasteiger charge is -2.28. The minimum absolute atomic E-state index is 0.104. The number of rotatable bonds is 4. The van der Waals surface area contributed by atoms with E-state index >= 15 is 0 Å². The summed E-state index contributed by atoms with van der Waals surface area (Å²) in [6, 6.07) is 13.9. The van der Waals surface area contributed by atoms with Crippen molar-refractivity contribution in [3.63, 3.8) is 0 Å². The van der Waals surface area contributed by atoms with E-state index < -0.39 is 0 Å². The minimum Gasteiger partial charge on any atom is -0.454 e. The lowest BCUT2D eigenvalue weighted by atomic mass is 9.96. The van der Waals surface area contributed by atoms with E-state index in [0.717, 1.165) is 39.4 Å². The fourth-order valence-corrected chi connectivity index (χ4v) is 5.79. The predicted molar refractivity (Wildman–Crippen MR) is 131 cm³/mol. The zero-order valence-electron chi connectivity index (χ0n) is 18.1. The van der Waals surface area contributed by atoms with E-state index in [1.807, 2.05) is 54.2 Å². The van der Waals surface area contributed by atoms with Gasteiger partial charge in [-0.3, -0.25) is 9.55 Å². The molecule has 1 saturated heterocycles. The SMILES string of the molecule is Cc1cc([C@H]2[C@H](c3ccccn3)NC(=S)N2c2ccc3c(c2)OCO3)c(C)n1-c1nccs1. The third kappa shape index (κ3) is 3.27. The molecule has 1 N–H and O–H groups in total. The molecule has 0 spiro atoms. The van der Waals surface area contributed by atoms with Gasteiger partial charge in [-0.15, -0.1) is 11.3 Å². The lowest BCUT2D eigenvalue weighted by Crippen LogP contribution is -2.29. The average molecular weight is 476 g/mol. The number of nitrogens with zero attached hydrogens (tertiary/aromatic N) is 4. The molecule has 6 rings (SSSR count). The molecule has 0 radical (unpaired) electrons. The number of thiazole rings is 1. The van der Waals surface area contributed by atoms with Crippen molar-refractivity contribution in [3.8, 4) is 16.6 Å². The Balaban J connectivity index is 1.52. The standard InChI is InChI=1S/C24H21N5O2S2/c1-14-11-17(15(2)28(14)24-26-9-10-33-24)22-21(18-5-3-4-8-25-18)27-23(32)29(22)16-6-7-19-20(12-16)31-13-30-19/h3-12,21-22H,13H2,1-2H3,(H,27,32)/t21-,22-/m0/s1. The van der Waals surface area contributed by atoms with Crippen LogP contribution in [-0.4, -0.2) is 26.4 Å². The summed E-state index contributed by atoms with van der Waals surface area (Å²) in [5.41, 5.74) is 5.31. The number of ether oxygens (including phenoxy) is 2. The number of hydrogen-bond acceptors (Lipinski definition) is 6. The number of nitrogens with one attached hydrogen (secondary N) is 1. The zero-order valence-corrected chi connectivity index (χ0v) is 19.7. The molecule has 1 aromatic carbocycles. The van der Waals surface area contributed by atoms with E-state index in [9.17, 15) is 0 Å². The molecule has 33 heavy (non-hydrogen) atoms. The highest BCUT2D eigenvalue weighted by Crippen LogP contribution is 2.46. The molecule has 0 bridgehead atoms. The molecule has 0 aliphatic carbocycles. The van der Waals surface area contributed by atoms with Crippen LogP contribution in [0.25, 0.3) is 5.13 Å². The Bertz CT molecular complexity index is 1340. The van der Waals surface area contributed by atoms with E-state index in [1.165, 1.54) is 5.56 Å². The monoisotopic (exact) mass is 475 g/mol. The molecule has 166 valence electrons. The fourth-order valence-electron chi connectivity index (χ4n) is 4.69. The number of aryl methyl sites for hydroxylation is 1. The molecule has 3 aromatic heterocycles. The van der Waals surface area contributed by atoms with Crippen LogP contribution < -0.4 is 19.7 Å². The first kappa shape index (κ1) is 20.2. The highest BCUT2D eigenvalue weighted by molar-refractivity contribution is 7.80.